The molecule has 1 N–H and O–H groups in total. The summed E-state index contributed by atoms with van der Waals surface area (Å²) in [6.45, 7) is -0.317. The number of nitrogens with zero attached hydrogens (tertiary/aromatic N) is 1. The summed E-state index contributed by atoms with van der Waals surface area (Å²) in [7, 11) is 0. The van der Waals surface area contributed by atoms with Gasteiger partial charge in [0.15, 0.2) is 6.61 Å². The molecule has 0 aliphatic carbocycles. The van der Waals surface area contributed by atoms with Gasteiger partial charge >= 0.3 is 0 Å². The lowest BCUT2D eigenvalue weighted by Gasteiger charge is -2.30. The summed E-state index contributed by atoms with van der Waals surface area (Å²) >= 11 is 12.1. The zero-order valence-electron chi connectivity index (χ0n) is 15.8. The largest absolute Gasteiger partial charge is 0.484 e. The molecule has 7 heteroatoms. The first-order valence-corrected chi connectivity index (χ1v) is 10.1. The van der Waals surface area contributed by atoms with Crippen LogP contribution >= 0.6 is 23.2 Å². The predicted octanol–water partition coefficient (Wildman–Crippen LogP) is 4.94. The van der Waals surface area contributed by atoms with Gasteiger partial charge in [-0.15, -0.1) is 0 Å². The van der Waals surface area contributed by atoms with Crippen molar-refractivity contribution < 1.29 is 14.3 Å². The molecule has 30 heavy (non-hydrogen) atoms. The summed E-state index contributed by atoms with van der Waals surface area (Å²) in [5, 5.41) is 3.97. The highest BCUT2D eigenvalue weighted by Crippen LogP contribution is 2.37. The van der Waals surface area contributed by atoms with E-state index in [1.807, 2.05) is 30.3 Å². The predicted molar refractivity (Wildman–Crippen MR) is 117 cm³/mol. The first-order valence-electron chi connectivity index (χ1n) is 9.33. The standard InChI is InChI=1S/C23H18Cl2N2O3/c24-16-6-9-18(10-7-16)30-14-22(29)27-13-21(28)26-20-11-8-17(25)12-19(20)23(27)15-4-2-1-3-5-15/h1-12,23H,13-14H2,(H,26,28)/t23-/m1/s1. The van der Waals surface area contributed by atoms with Crippen LogP contribution in [0.15, 0.2) is 72.8 Å². The molecule has 0 spiro atoms. The number of carbonyl (C=O) groups is 2. The average molecular weight is 441 g/mol. The van der Waals surface area contributed by atoms with Gasteiger partial charge < -0.3 is 15.0 Å². The Kier molecular flexibility index (Phi) is 5.93. The summed E-state index contributed by atoms with van der Waals surface area (Å²) < 4.78 is 5.64. The van der Waals surface area contributed by atoms with Gasteiger partial charge in [0.25, 0.3) is 5.91 Å². The molecular weight excluding hydrogens is 423 g/mol. The van der Waals surface area contributed by atoms with Crippen molar-refractivity contribution in [1.29, 1.82) is 0 Å². The molecule has 5 nitrogen and oxygen atoms in total. The number of nitrogens with one attached hydrogen (secondary N) is 1. The maximum Gasteiger partial charge on any atom is 0.261 e. The molecule has 0 aromatic heterocycles. The van der Waals surface area contributed by atoms with Gasteiger partial charge in [0.2, 0.25) is 5.91 Å². The fourth-order valence-electron chi connectivity index (χ4n) is 3.46. The molecule has 1 heterocycles. The van der Waals surface area contributed by atoms with E-state index >= 15 is 0 Å². The normalized spacial score (nSPS) is 15.7. The number of fused-ring (bicyclic) bond motifs is 1. The molecule has 1 atom stereocenters. The van der Waals surface area contributed by atoms with Crippen LogP contribution in [0.25, 0.3) is 0 Å². The lowest BCUT2D eigenvalue weighted by atomic mass is 9.96. The van der Waals surface area contributed by atoms with Gasteiger partial charge in [0, 0.05) is 21.3 Å². The van der Waals surface area contributed by atoms with Gasteiger partial charge in [-0.05, 0) is 48.0 Å². The van der Waals surface area contributed by atoms with Gasteiger partial charge in [-0.3, -0.25) is 9.59 Å². The van der Waals surface area contributed by atoms with Crippen LogP contribution in [0.4, 0.5) is 5.69 Å². The number of ether oxygens (including phenoxy) is 1. The minimum Gasteiger partial charge on any atom is -0.484 e. The highest BCUT2D eigenvalue weighted by Gasteiger charge is 2.33. The van der Waals surface area contributed by atoms with Crippen LogP contribution < -0.4 is 10.1 Å². The van der Waals surface area contributed by atoms with Crippen LogP contribution in [0.1, 0.15) is 17.2 Å². The molecule has 0 saturated heterocycles. The van der Waals surface area contributed by atoms with Gasteiger partial charge in [-0.2, -0.15) is 0 Å². The Morgan fingerprint density at radius 1 is 1.00 bits per heavy atom. The molecule has 152 valence electrons. The molecule has 1 aliphatic heterocycles. The number of amides is 2. The van der Waals surface area contributed by atoms with Crippen LogP contribution in [0.5, 0.6) is 5.75 Å². The zero-order chi connectivity index (χ0) is 21.1. The fraction of sp³-hybridized carbons (Fsp3) is 0.130. The Morgan fingerprint density at radius 2 is 1.70 bits per heavy atom. The smallest absolute Gasteiger partial charge is 0.261 e. The molecular formula is C23H18Cl2N2O3. The van der Waals surface area contributed by atoms with E-state index in [2.05, 4.69) is 5.32 Å². The Labute approximate surface area is 184 Å². The minimum absolute atomic E-state index is 0.103. The quantitative estimate of drug-likeness (QED) is 0.624. The maximum absolute atomic E-state index is 13.2. The third-order valence-corrected chi connectivity index (χ3v) is 5.31. The van der Waals surface area contributed by atoms with Crippen LogP contribution in [-0.4, -0.2) is 29.9 Å². The van der Waals surface area contributed by atoms with Crippen LogP contribution in [0.3, 0.4) is 0 Å². The molecule has 0 bridgehead atoms. The van der Waals surface area contributed by atoms with E-state index in [0.29, 0.717) is 21.5 Å². The number of halogens is 2. The molecule has 0 radical (unpaired) electrons. The van der Waals surface area contributed by atoms with Crippen LogP contribution in [-0.2, 0) is 9.59 Å². The number of hydrogen-bond donors (Lipinski definition) is 1. The number of rotatable bonds is 4. The van der Waals surface area contributed by atoms with Gasteiger partial charge in [0.1, 0.15) is 12.3 Å². The summed E-state index contributed by atoms with van der Waals surface area (Å²) in [6, 6.07) is 21.0. The number of carbonyl (C=O) groups excluding carboxylic acids is 2. The second kappa shape index (κ2) is 8.78. The lowest BCUT2D eigenvalue weighted by molar-refractivity contribution is -0.138. The van der Waals surface area contributed by atoms with Crippen molar-refractivity contribution in [3.63, 3.8) is 0 Å². The molecule has 4 rings (SSSR count). The van der Waals surface area contributed by atoms with E-state index in [-0.39, 0.29) is 25.0 Å². The van der Waals surface area contributed by atoms with Crippen molar-refractivity contribution in [3.8, 4) is 5.75 Å². The van der Waals surface area contributed by atoms with Gasteiger partial charge in [-0.1, -0.05) is 53.5 Å². The van der Waals surface area contributed by atoms with Crippen molar-refractivity contribution in [2.45, 2.75) is 6.04 Å². The van der Waals surface area contributed by atoms with E-state index in [1.165, 1.54) is 4.90 Å². The molecule has 0 unspecified atom stereocenters. The fourth-order valence-corrected chi connectivity index (χ4v) is 3.77. The molecule has 1 aliphatic rings. The van der Waals surface area contributed by atoms with Crippen molar-refractivity contribution in [3.05, 3.63) is 94.0 Å². The highest BCUT2D eigenvalue weighted by molar-refractivity contribution is 6.31. The Morgan fingerprint density at radius 3 is 2.43 bits per heavy atom. The van der Waals surface area contributed by atoms with E-state index in [4.69, 9.17) is 27.9 Å². The molecule has 0 fully saturated rings. The topological polar surface area (TPSA) is 58.6 Å². The first kappa shape index (κ1) is 20.3. The average Bonchev–Trinajstić information content (AvgIpc) is 2.89. The SMILES string of the molecule is O=C1CN(C(=O)COc2ccc(Cl)cc2)[C@H](c2ccccc2)c2cc(Cl)ccc2N1. The van der Waals surface area contributed by atoms with E-state index < -0.39 is 6.04 Å². The lowest BCUT2D eigenvalue weighted by Crippen LogP contribution is -2.41. The van der Waals surface area contributed by atoms with E-state index in [0.717, 1.165) is 11.1 Å². The third kappa shape index (κ3) is 4.42. The number of anilines is 1. The first-order chi connectivity index (χ1) is 14.5. The highest BCUT2D eigenvalue weighted by atomic mass is 35.5. The summed E-state index contributed by atoms with van der Waals surface area (Å²) in [6.07, 6.45) is 0. The van der Waals surface area contributed by atoms with E-state index in [1.54, 1.807) is 42.5 Å². The Bertz CT molecular complexity index is 1070. The Balaban J connectivity index is 1.69. The van der Waals surface area contributed by atoms with Gasteiger partial charge in [0.05, 0.1) is 6.04 Å². The summed E-state index contributed by atoms with van der Waals surface area (Å²) in [5.74, 6) is -0.0784. The second-order valence-corrected chi connectivity index (χ2v) is 7.73. The molecule has 3 aromatic rings. The summed E-state index contributed by atoms with van der Waals surface area (Å²) in [4.78, 5) is 27.2. The van der Waals surface area contributed by atoms with Crippen molar-refractivity contribution >= 4 is 40.7 Å². The van der Waals surface area contributed by atoms with Crippen LogP contribution in [0, 0.1) is 0 Å². The van der Waals surface area contributed by atoms with Crippen molar-refractivity contribution in [1.82, 2.24) is 4.90 Å². The van der Waals surface area contributed by atoms with E-state index in [9.17, 15) is 9.59 Å². The Hall–Kier alpha value is -3.02. The molecule has 3 aromatic carbocycles. The third-order valence-electron chi connectivity index (χ3n) is 4.82. The van der Waals surface area contributed by atoms with Crippen molar-refractivity contribution in [2.24, 2.45) is 0 Å². The molecule has 2 amide bonds. The monoisotopic (exact) mass is 440 g/mol. The number of hydrogen-bond acceptors (Lipinski definition) is 3. The zero-order valence-corrected chi connectivity index (χ0v) is 17.4. The minimum atomic E-state index is -0.486. The summed E-state index contributed by atoms with van der Waals surface area (Å²) in [5.41, 5.74) is 2.25. The maximum atomic E-state index is 13.2. The second-order valence-electron chi connectivity index (χ2n) is 6.86. The number of benzene rings is 3. The molecule has 0 saturated carbocycles. The van der Waals surface area contributed by atoms with Crippen LogP contribution in [0.2, 0.25) is 10.0 Å². The van der Waals surface area contributed by atoms with Crippen molar-refractivity contribution in [2.75, 3.05) is 18.5 Å². The van der Waals surface area contributed by atoms with Gasteiger partial charge in [-0.25, -0.2) is 0 Å².